The van der Waals surface area contributed by atoms with E-state index in [-0.39, 0.29) is 6.04 Å². The fourth-order valence-electron chi connectivity index (χ4n) is 2.79. The summed E-state index contributed by atoms with van der Waals surface area (Å²) in [5.41, 5.74) is 0. The third-order valence-corrected chi connectivity index (χ3v) is 5.90. The lowest BCUT2D eigenvalue weighted by Gasteiger charge is -2.34. The highest BCUT2D eigenvalue weighted by atomic mass is 32.2. The van der Waals surface area contributed by atoms with Crippen molar-refractivity contribution < 1.29 is 13.2 Å². The first-order valence-corrected chi connectivity index (χ1v) is 8.84. The Morgan fingerprint density at radius 3 is 2.90 bits per heavy atom. The molecule has 0 spiro atoms. The van der Waals surface area contributed by atoms with E-state index in [1.165, 1.54) is 0 Å². The molecule has 0 saturated carbocycles. The van der Waals surface area contributed by atoms with Crippen molar-refractivity contribution in [3.8, 4) is 5.75 Å². The van der Waals surface area contributed by atoms with Crippen molar-refractivity contribution in [2.75, 3.05) is 27.2 Å². The van der Waals surface area contributed by atoms with Gasteiger partial charge in [0.25, 0.3) is 0 Å². The molecule has 2 rings (SSSR count). The first-order valence-electron chi connectivity index (χ1n) is 7.40. The highest BCUT2D eigenvalue weighted by molar-refractivity contribution is 7.89. The molecule has 0 aromatic heterocycles. The zero-order valence-electron chi connectivity index (χ0n) is 12.7. The number of sulfonamides is 1. The number of hydrogen-bond acceptors (Lipinski definition) is 4. The van der Waals surface area contributed by atoms with Crippen LogP contribution >= 0.6 is 0 Å². The molecule has 1 heterocycles. The maximum atomic E-state index is 12.9. The second kappa shape index (κ2) is 7.24. The largest absolute Gasteiger partial charge is 0.497 e. The predicted molar refractivity (Wildman–Crippen MR) is 83.1 cm³/mol. The van der Waals surface area contributed by atoms with Gasteiger partial charge >= 0.3 is 0 Å². The van der Waals surface area contributed by atoms with E-state index in [0.29, 0.717) is 17.2 Å². The van der Waals surface area contributed by atoms with Crippen LogP contribution in [-0.4, -0.2) is 46.0 Å². The molecule has 0 radical (unpaired) electrons. The number of nitrogens with zero attached hydrogens (tertiary/aromatic N) is 1. The average Bonchev–Trinajstić information content (AvgIpc) is 2.53. The van der Waals surface area contributed by atoms with Crippen molar-refractivity contribution in [3.05, 3.63) is 24.3 Å². The summed E-state index contributed by atoms with van der Waals surface area (Å²) in [6, 6.07) is 6.80. The molecule has 5 nitrogen and oxygen atoms in total. The monoisotopic (exact) mass is 312 g/mol. The van der Waals surface area contributed by atoms with E-state index in [1.807, 2.05) is 7.05 Å². The lowest BCUT2D eigenvalue weighted by atomic mass is 10.0. The Bertz CT molecular complexity index is 560. The van der Waals surface area contributed by atoms with Crippen LogP contribution in [-0.2, 0) is 10.0 Å². The van der Waals surface area contributed by atoms with E-state index in [9.17, 15) is 8.42 Å². The number of nitrogens with one attached hydrogen (secondary N) is 1. The molecule has 1 aliphatic rings. The topological polar surface area (TPSA) is 58.6 Å². The second-order valence-corrected chi connectivity index (χ2v) is 7.23. The number of ether oxygens (including phenoxy) is 1. The fourth-order valence-corrected chi connectivity index (χ4v) is 4.55. The maximum absolute atomic E-state index is 12.9. The Morgan fingerprint density at radius 1 is 1.38 bits per heavy atom. The van der Waals surface area contributed by atoms with Gasteiger partial charge in [0.15, 0.2) is 0 Å². The molecule has 21 heavy (non-hydrogen) atoms. The van der Waals surface area contributed by atoms with Crippen molar-refractivity contribution in [3.63, 3.8) is 0 Å². The molecular formula is C15H24N2O3S. The molecule has 1 fully saturated rings. The molecule has 1 aromatic rings. The molecule has 0 aliphatic carbocycles. The van der Waals surface area contributed by atoms with E-state index in [0.717, 1.165) is 32.2 Å². The smallest absolute Gasteiger partial charge is 0.243 e. The molecule has 1 saturated heterocycles. The molecule has 118 valence electrons. The number of rotatable bonds is 6. The van der Waals surface area contributed by atoms with Crippen molar-refractivity contribution in [1.82, 2.24) is 9.62 Å². The number of piperidine rings is 1. The summed E-state index contributed by atoms with van der Waals surface area (Å²) in [5, 5.41) is 3.10. The third kappa shape index (κ3) is 3.75. The minimum atomic E-state index is -3.45. The Labute approximate surface area is 127 Å². The van der Waals surface area contributed by atoms with Gasteiger partial charge in [-0.05, 0) is 45.0 Å². The van der Waals surface area contributed by atoms with Gasteiger partial charge in [-0.15, -0.1) is 0 Å². The van der Waals surface area contributed by atoms with Gasteiger partial charge in [0, 0.05) is 18.7 Å². The Kier molecular flexibility index (Phi) is 5.61. The SMILES string of the molecule is CNCCC1CCCCN1S(=O)(=O)c1cccc(OC)c1. The molecule has 1 atom stereocenters. The first-order chi connectivity index (χ1) is 10.1. The molecule has 0 amide bonds. The maximum Gasteiger partial charge on any atom is 0.243 e. The molecule has 1 aromatic carbocycles. The molecule has 6 heteroatoms. The van der Waals surface area contributed by atoms with Crippen LogP contribution < -0.4 is 10.1 Å². The quantitative estimate of drug-likeness (QED) is 0.871. The van der Waals surface area contributed by atoms with E-state index < -0.39 is 10.0 Å². The van der Waals surface area contributed by atoms with Crippen LogP contribution in [0.15, 0.2) is 29.2 Å². The van der Waals surface area contributed by atoms with Gasteiger partial charge in [0.1, 0.15) is 5.75 Å². The van der Waals surface area contributed by atoms with Crippen LogP contribution in [0.3, 0.4) is 0 Å². The summed E-state index contributed by atoms with van der Waals surface area (Å²) in [5.74, 6) is 0.569. The van der Waals surface area contributed by atoms with Gasteiger partial charge in [-0.1, -0.05) is 12.5 Å². The van der Waals surface area contributed by atoms with Gasteiger partial charge in [-0.3, -0.25) is 0 Å². The van der Waals surface area contributed by atoms with Crippen LogP contribution in [0.5, 0.6) is 5.75 Å². The summed E-state index contributed by atoms with van der Waals surface area (Å²) < 4.78 is 32.6. The molecule has 1 N–H and O–H groups in total. The molecule has 0 bridgehead atoms. The normalized spacial score (nSPS) is 20.4. The molecule has 1 aliphatic heterocycles. The fraction of sp³-hybridized carbons (Fsp3) is 0.600. The van der Waals surface area contributed by atoms with E-state index >= 15 is 0 Å². The highest BCUT2D eigenvalue weighted by Gasteiger charge is 2.33. The Hall–Kier alpha value is -1.11. The van der Waals surface area contributed by atoms with Crippen molar-refractivity contribution >= 4 is 10.0 Å². The van der Waals surface area contributed by atoms with Crippen LogP contribution in [0, 0.1) is 0 Å². The highest BCUT2D eigenvalue weighted by Crippen LogP contribution is 2.28. The Morgan fingerprint density at radius 2 is 2.19 bits per heavy atom. The minimum Gasteiger partial charge on any atom is -0.497 e. The van der Waals surface area contributed by atoms with Gasteiger partial charge in [0.05, 0.1) is 12.0 Å². The predicted octanol–water partition coefficient (Wildman–Crippen LogP) is 1.85. The minimum absolute atomic E-state index is 0.0856. The summed E-state index contributed by atoms with van der Waals surface area (Å²) >= 11 is 0. The van der Waals surface area contributed by atoms with E-state index in [4.69, 9.17) is 4.74 Å². The Balaban J connectivity index is 2.26. The van der Waals surface area contributed by atoms with Gasteiger partial charge in [0.2, 0.25) is 10.0 Å². The lowest BCUT2D eigenvalue weighted by molar-refractivity contribution is 0.240. The van der Waals surface area contributed by atoms with Gasteiger partial charge in [-0.25, -0.2) is 8.42 Å². The summed E-state index contributed by atoms with van der Waals surface area (Å²) in [4.78, 5) is 0.318. The third-order valence-electron chi connectivity index (χ3n) is 3.95. The lowest BCUT2D eigenvalue weighted by Crippen LogP contribution is -2.44. The zero-order valence-corrected chi connectivity index (χ0v) is 13.5. The van der Waals surface area contributed by atoms with Crippen LogP contribution in [0.1, 0.15) is 25.7 Å². The summed E-state index contributed by atoms with van der Waals surface area (Å²) in [7, 11) is -0.0121. The first kappa shape index (κ1) is 16.3. The number of hydrogen-bond donors (Lipinski definition) is 1. The van der Waals surface area contributed by atoms with Crippen LogP contribution in [0.2, 0.25) is 0 Å². The average molecular weight is 312 g/mol. The van der Waals surface area contributed by atoms with Crippen molar-refractivity contribution in [2.45, 2.75) is 36.6 Å². The second-order valence-electron chi connectivity index (χ2n) is 5.34. The number of benzene rings is 1. The van der Waals surface area contributed by atoms with Gasteiger partial charge < -0.3 is 10.1 Å². The zero-order chi connectivity index (χ0) is 15.3. The van der Waals surface area contributed by atoms with E-state index in [1.54, 1.807) is 35.7 Å². The standard InChI is InChI=1S/C15H24N2O3S/c1-16-10-9-13-6-3-4-11-17(13)21(18,19)15-8-5-7-14(12-15)20-2/h5,7-8,12-13,16H,3-4,6,9-11H2,1-2H3. The van der Waals surface area contributed by atoms with Gasteiger partial charge in [-0.2, -0.15) is 4.31 Å². The van der Waals surface area contributed by atoms with Crippen molar-refractivity contribution in [1.29, 1.82) is 0 Å². The molecular weight excluding hydrogens is 288 g/mol. The van der Waals surface area contributed by atoms with Crippen LogP contribution in [0.4, 0.5) is 0 Å². The summed E-state index contributed by atoms with van der Waals surface area (Å²) in [6.45, 7) is 1.43. The van der Waals surface area contributed by atoms with Crippen molar-refractivity contribution in [2.24, 2.45) is 0 Å². The van der Waals surface area contributed by atoms with E-state index in [2.05, 4.69) is 5.32 Å². The number of methoxy groups -OCH3 is 1. The molecule has 1 unspecified atom stereocenters. The van der Waals surface area contributed by atoms with Crippen LogP contribution in [0.25, 0.3) is 0 Å². The summed E-state index contributed by atoms with van der Waals surface area (Å²) in [6.07, 6.45) is 3.81.